The number of carbonyl (C=O) groups excluding carboxylic acids is 1. The van der Waals surface area contributed by atoms with Gasteiger partial charge in [0.2, 0.25) is 0 Å². The molecule has 0 aliphatic rings. The Labute approximate surface area is 178 Å². The van der Waals surface area contributed by atoms with Crippen molar-refractivity contribution in [3.63, 3.8) is 0 Å². The zero-order valence-electron chi connectivity index (χ0n) is 16.7. The molecule has 0 bridgehead atoms. The lowest BCUT2D eigenvalue weighted by atomic mass is 10.2. The van der Waals surface area contributed by atoms with Crippen LogP contribution < -0.4 is 0 Å². The summed E-state index contributed by atoms with van der Waals surface area (Å²) in [5.74, 6) is -1.29. The van der Waals surface area contributed by atoms with Crippen molar-refractivity contribution in [3.8, 4) is 11.4 Å². The van der Waals surface area contributed by atoms with Gasteiger partial charge in [-0.05, 0) is 25.1 Å². The molecule has 0 amide bonds. The molecule has 0 fully saturated rings. The molecule has 0 unspecified atom stereocenters. The van der Waals surface area contributed by atoms with Gasteiger partial charge in [-0.1, -0.05) is 6.92 Å². The van der Waals surface area contributed by atoms with Crippen molar-refractivity contribution in [2.75, 3.05) is 12.4 Å². The molecule has 14 heteroatoms. The van der Waals surface area contributed by atoms with E-state index >= 15 is 0 Å². The number of sulfone groups is 1. The van der Waals surface area contributed by atoms with Crippen LogP contribution in [-0.2, 0) is 20.8 Å². The third kappa shape index (κ3) is 3.55. The molecule has 0 atom stereocenters. The van der Waals surface area contributed by atoms with E-state index in [0.717, 1.165) is 27.4 Å². The monoisotopic (exact) mass is 468 g/mol. The SMILES string of the molecule is CCOC(=O)c1ccnc2c(-c3nc4cc(C(F)(F)F)ccn4n3)c(S(=O)(=O)CC)nn12. The predicted molar refractivity (Wildman–Crippen MR) is 104 cm³/mol. The Morgan fingerprint density at radius 2 is 1.94 bits per heavy atom. The minimum absolute atomic E-state index is 0.0606. The molecule has 4 aromatic rings. The molecule has 0 N–H and O–H groups in total. The number of carbonyl (C=O) groups is 1. The number of hydrogen-bond acceptors (Lipinski definition) is 8. The molecule has 0 aliphatic carbocycles. The molecule has 0 aliphatic heterocycles. The third-order valence-corrected chi connectivity index (χ3v) is 6.17. The number of ether oxygens (including phenoxy) is 1. The molecule has 4 heterocycles. The summed E-state index contributed by atoms with van der Waals surface area (Å²) in [7, 11) is -3.96. The Balaban J connectivity index is 2.02. The Bertz CT molecular complexity index is 1460. The Hall–Kier alpha value is -3.55. The largest absolute Gasteiger partial charge is 0.461 e. The lowest BCUT2D eigenvalue weighted by molar-refractivity contribution is -0.137. The zero-order valence-corrected chi connectivity index (χ0v) is 17.5. The third-order valence-electron chi connectivity index (χ3n) is 4.53. The van der Waals surface area contributed by atoms with E-state index in [1.165, 1.54) is 19.2 Å². The lowest BCUT2D eigenvalue weighted by Gasteiger charge is -2.05. The Morgan fingerprint density at radius 1 is 1.19 bits per heavy atom. The second-order valence-electron chi connectivity index (χ2n) is 6.52. The second-order valence-corrected chi connectivity index (χ2v) is 8.71. The molecule has 0 saturated carbocycles. The first-order valence-electron chi connectivity index (χ1n) is 9.28. The number of alkyl halides is 3. The summed E-state index contributed by atoms with van der Waals surface area (Å²) in [5, 5.41) is 7.72. The van der Waals surface area contributed by atoms with Gasteiger partial charge in [0.05, 0.1) is 17.9 Å². The van der Waals surface area contributed by atoms with E-state index in [-0.39, 0.29) is 40.7 Å². The van der Waals surface area contributed by atoms with Crippen molar-refractivity contribution >= 4 is 27.1 Å². The summed E-state index contributed by atoms with van der Waals surface area (Å²) in [6, 6.07) is 2.91. The van der Waals surface area contributed by atoms with Gasteiger partial charge in [0.1, 0.15) is 5.56 Å². The van der Waals surface area contributed by atoms with Gasteiger partial charge in [0.25, 0.3) is 0 Å². The molecule has 10 nitrogen and oxygen atoms in total. The van der Waals surface area contributed by atoms with E-state index in [4.69, 9.17) is 4.74 Å². The maximum absolute atomic E-state index is 13.0. The topological polar surface area (TPSA) is 121 Å². The van der Waals surface area contributed by atoms with Gasteiger partial charge >= 0.3 is 12.1 Å². The maximum atomic E-state index is 13.0. The summed E-state index contributed by atoms with van der Waals surface area (Å²) in [6.45, 7) is 3.08. The van der Waals surface area contributed by atoms with E-state index in [0.29, 0.717) is 0 Å². The molecular weight excluding hydrogens is 453 g/mol. The summed E-state index contributed by atoms with van der Waals surface area (Å²) in [5.41, 5.74) is -1.37. The molecule has 4 aromatic heterocycles. The average Bonchev–Trinajstić information content (AvgIpc) is 3.33. The molecular formula is C18H15F3N6O4S. The first-order valence-corrected chi connectivity index (χ1v) is 10.9. The van der Waals surface area contributed by atoms with Crippen LogP contribution in [0.2, 0.25) is 0 Å². The van der Waals surface area contributed by atoms with Gasteiger partial charge in [-0.3, -0.25) is 0 Å². The van der Waals surface area contributed by atoms with Crippen molar-refractivity contribution < 1.29 is 31.1 Å². The summed E-state index contributed by atoms with van der Waals surface area (Å²) in [6.07, 6.45) is -2.27. The molecule has 0 spiro atoms. The second kappa shape index (κ2) is 7.55. The first-order chi connectivity index (χ1) is 15.1. The minimum atomic E-state index is -4.59. The highest BCUT2D eigenvalue weighted by Crippen LogP contribution is 2.32. The maximum Gasteiger partial charge on any atom is 0.416 e. The Kier molecular flexibility index (Phi) is 5.11. The van der Waals surface area contributed by atoms with Crippen LogP contribution >= 0.6 is 0 Å². The number of halogens is 3. The summed E-state index contributed by atoms with van der Waals surface area (Å²) in [4.78, 5) is 20.5. The molecule has 32 heavy (non-hydrogen) atoms. The number of nitrogens with zero attached hydrogens (tertiary/aromatic N) is 6. The van der Waals surface area contributed by atoms with Crippen molar-refractivity contribution in [1.29, 1.82) is 0 Å². The Morgan fingerprint density at radius 3 is 2.59 bits per heavy atom. The van der Waals surface area contributed by atoms with Crippen LogP contribution in [0, 0.1) is 0 Å². The number of fused-ring (bicyclic) bond motifs is 2. The first kappa shape index (κ1) is 21.7. The van der Waals surface area contributed by atoms with Gasteiger partial charge in [-0.2, -0.15) is 18.3 Å². The predicted octanol–water partition coefficient (Wildman–Crippen LogP) is 2.43. The van der Waals surface area contributed by atoms with Crippen LogP contribution in [0.4, 0.5) is 13.2 Å². The molecule has 0 radical (unpaired) electrons. The van der Waals surface area contributed by atoms with Crippen LogP contribution in [0.25, 0.3) is 22.7 Å². The van der Waals surface area contributed by atoms with Crippen LogP contribution in [0.1, 0.15) is 29.9 Å². The minimum Gasteiger partial charge on any atom is -0.461 e. The summed E-state index contributed by atoms with van der Waals surface area (Å²) < 4.78 is 71.7. The fraction of sp³-hybridized carbons (Fsp3) is 0.278. The van der Waals surface area contributed by atoms with Crippen LogP contribution in [0.5, 0.6) is 0 Å². The van der Waals surface area contributed by atoms with E-state index in [1.807, 2.05) is 0 Å². The van der Waals surface area contributed by atoms with Crippen molar-refractivity contribution in [1.82, 2.24) is 29.2 Å². The number of aromatic nitrogens is 6. The number of rotatable bonds is 5. The normalized spacial score (nSPS) is 12.5. The van der Waals surface area contributed by atoms with Crippen LogP contribution in [0.15, 0.2) is 35.6 Å². The number of pyridine rings is 1. The smallest absolute Gasteiger partial charge is 0.416 e. The van der Waals surface area contributed by atoms with Gasteiger partial charge in [0.15, 0.2) is 37.7 Å². The number of esters is 1. The number of hydrogen-bond donors (Lipinski definition) is 0. The molecule has 168 valence electrons. The van der Waals surface area contributed by atoms with Crippen molar-refractivity contribution in [3.05, 3.63) is 41.9 Å². The fourth-order valence-corrected chi connectivity index (χ4v) is 3.97. The van der Waals surface area contributed by atoms with E-state index in [9.17, 15) is 26.4 Å². The molecule has 4 rings (SSSR count). The van der Waals surface area contributed by atoms with Gasteiger partial charge in [-0.25, -0.2) is 32.2 Å². The van der Waals surface area contributed by atoms with E-state index < -0.39 is 32.6 Å². The lowest BCUT2D eigenvalue weighted by Crippen LogP contribution is -2.12. The van der Waals surface area contributed by atoms with Crippen LogP contribution in [-0.4, -0.2) is 55.9 Å². The van der Waals surface area contributed by atoms with E-state index in [1.54, 1.807) is 6.92 Å². The van der Waals surface area contributed by atoms with Crippen molar-refractivity contribution in [2.45, 2.75) is 25.0 Å². The standard InChI is InChI=1S/C18H15F3N6O4S/c1-3-31-17(28)11-5-7-22-15-13(16(25-27(11)15)32(29,30)4-2)14-23-12-9-10(18(19,20)21)6-8-26(12)24-14/h5-9H,3-4H2,1-2H3. The summed E-state index contributed by atoms with van der Waals surface area (Å²) >= 11 is 0. The van der Waals surface area contributed by atoms with Crippen LogP contribution in [0.3, 0.4) is 0 Å². The van der Waals surface area contributed by atoms with E-state index in [2.05, 4.69) is 20.2 Å². The highest BCUT2D eigenvalue weighted by atomic mass is 32.2. The van der Waals surface area contributed by atoms with Gasteiger partial charge < -0.3 is 4.74 Å². The van der Waals surface area contributed by atoms with Gasteiger partial charge in [-0.15, -0.1) is 5.10 Å². The fourth-order valence-electron chi connectivity index (χ4n) is 3.00. The van der Waals surface area contributed by atoms with Gasteiger partial charge in [0, 0.05) is 12.4 Å². The van der Waals surface area contributed by atoms with Crippen molar-refractivity contribution in [2.24, 2.45) is 0 Å². The zero-order chi connectivity index (χ0) is 23.3. The highest BCUT2D eigenvalue weighted by Gasteiger charge is 2.32. The molecule has 0 aromatic carbocycles. The average molecular weight is 468 g/mol. The molecule has 0 saturated heterocycles. The quantitative estimate of drug-likeness (QED) is 0.410. The highest BCUT2D eigenvalue weighted by molar-refractivity contribution is 7.91.